The number of carbonyl (C=O) groups excluding carboxylic acids is 1. The van der Waals surface area contributed by atoms with Crippen molar-refractivity contribution in [2.24, 2.45) is 0 Å². The van der Waals surface area contributed by atoms with Gasteiger partial charge in [0.05, 0.1) is 23.7 Å². The summed E-state index contributed by atoms with van der Waals surface area (Å²) in [6.07, 6.45) is 0.0869. The Kier molecular flexibility index (Phi) is 4.74. The number of carbonyl (C=O) groups is 1. The van der Waals surface area contributed by atoms with Crippen molar-refractivity contribution in [3.8, 4) is 0 Å². The minimum Gasteiger partial charge on any atom is -0.323 e. The van der Waals surface area contributed by atoms with Crippen LogP contribution in [-0.4, -0.2) is 10.9 Å². The lowest BCUT2D eigenvalue weighted by molar-refractivity contribution is -0.115. The van der Waals surface area contributed by atoms with Crippen LogP contribution in [-0.2, 0) is 17.1 Å². The van der Waals surface area contributed by atoms with Gasteiger partial charge in [0.25, 0.3) is 0 Å². The van der Waals surface area contributed by atoms with Crippen LogP contribution in [0.15, 0.2) is 23.6 Å². The first-order chi connectivity index (χ1) is 9.08. The van der Waals surface area contributed by atoms with Gasteiger partial charge in [-0.05, 0) is 18.2 Å². The van der Waals surface area contributed by atoms with Crippen LogP contribution in [0, 0.1) is 5.82 Å². The lowest BCUT2D eigenvalue weighted by atomic mass is 10.3. The van der Waals surface area contributed by atoms with E-state index >= 15 is 0 Å². The van der Waals surface area contributed by atoms with Gasteiger partial charge in [-0.2, -0.15) is 0 Å². The first-order valence-corrected chi connectivity index (χ1v) is 7.12. The molecule has 0 spiro atoms. The fourth-order valence-corrected chi connectivity index (χ4v) is 2.59. The van der Waals surface area contributed by atoms with Crippen LogP contribution < -0.4 is 5.32 Å². The number of thiazole rings is 1. The Hall–Kier alpha value is -1.17. The average molecular weight is 319 g/mol. The summed E-state index contributed by atoms with van der Waals surface area (Å²) < 4.78 is 13.5. The lowest BCUT2D eigenvalue weighted by Gasteiger charge is -2.05. The third kappa shape index (κ3) is 3.89. The summed E-state index contributed by atoms with van der Waals surface area (Å²) in [7, 11) is 0. The smallest absolute Gasteiger partial charge is 0.231 e. The van der Waals surface area contributed by atoms with Crippen LogP contribution in [0.3, 0.4) is 0 Å². The standard InChI is InChI=1S/C12H9Cl2FN2OS/c13-5-8-6-19-12(16-8)4-11(18)17-10-2-1-7(14)3-9(10)15/h1-3,6H,4-5H2,(H,17,18). The fourth-order valence-electron chi connectivity index (χ4n) is 1.41. The Bertz CT molecular complexity index is 603. The fraction of sp³-hybridized carbons (Fsp3) is 0.167. The second-order valence-electron chi connectivity index (χ2n) is 3.72. The molecular formula is C12H9Cl2FN2OS. The van der Waals surface area contributed by atoms with Gasteiger partial charge in [0.2, 0.25) is 5.91 Å². The Morgan fingerprint density at radius 3 is 2.89 bits per heavy atom. The van der Waals surface area contributed by atoms with Crippen LogP contribution in [0.25, 0.3) is 0 Å². The van der Waals surface area contributed by atoms with Gasteiger partial charge < -0.3 is 5.32 Å². The van der Waals surface area contributed by atoms with Gasteiger partial charge in [-0.15, -0.1) is 22.9 Å². The van der Waals surface area contributed by atoms with Crippen LogP contribution in [0.2, 0.25) is 5.02 Å². The molecule has 0 unspecified atom stereocenters. The summed E-state index contributed by atoms with van der Waals surface area (Å²) in [5.41, 5.74) is 0.829. The van der Waals surface area contributed by atoms with Gasteiger partial charge in [-0.3, -0.25) is 4.79 Å². The van der Waals surface area contributed by atoms with Crippen molar-refractivity contribution in [3.63, 3.8) is 0 Å². The predicted molar refractivity (Wildman–Crippen MR) is 75.4 cm³/mol. The van der Waals surface area contributed by atoms with Crippen molar-refractivity contribution in [2.75, 3.05) is 5.32 Å². The molecule has 0 aliphatic carbocycles. The van der Waals surface area contributed by atoms with E-state index in [1.807, 2.05) is 0 Å². The van der Waals surface area contributed by atoms with E-state index in [9.17, 15) is 9.18 Å². The maximum atomic E-state index is 13.5. The van der Waals surface area contributed by atoms with E-state index < -0.39 is 5.82 Å². The van der Waals surface area contributed by atoms with Gasteiger partial charge in [-0.1, -0.05) is 11.6 Å². The van der Waals surface area contributed by atoms with Crippen LogP contribution in [0.1, 0.15) is 10.7 Å². The maximum Gasteiger partial charge on any atom is 0.231 e. The molecule has 0 saturated carbocycles. The third-order valence-corrected chi connectivity index (χ3v) is 3.66. The van der Waals surface area contributed by atoms with Gasteiger partial charge in [0, 0.05) is 10.4 Å². The van der Waals surface area contributed by atoms with Crippen molar-refractivity contribution in [3.05, 3.63) is 45.1 Å². The molecule has 1 heterocycles. The molecule has 100 valence electrons. The summed E-state index contributed by atoms with van der Waals surface area (Å²) in [4.78, 5) is 15.9. The maximum absolute atomic E-state index is 13.5. The first kappa shape index (κ1) is 14.2. The quantitative estimate of drug-likeness (QED) is 0.870. The number of anilines is 1. The Balaban J connectivity index is 2.01. The number of aromatic nitrogens is 1. The zero-order valence-corrected chi connectivity index (χ0v) is 11.9. The average Bonchev–Trinajstić information content (AvgIpc) is 2.80. The molecule has 0 aliphatic heterocycles. The number of amides is 1. The topological polar surface area (TPSA) is 42.0 Å². The highest BCUT2D eigenvalue weighted by Crippen LogP contribution is 2.19. The Morgan fingerprint density at radius 1 is 1.47 bits per heavy atom. The van der Waals surface area contributed by atoms with Crippen LogP contribution in [0.4, 0.5) is 10.1 Å². The van der Waals surface area contributed by atoms with Gasteiger partial charge >= 0.3 is 0 Å². The first-order valence-electron chi connectivity index (χ1n) is 5.32. The number of alkyl halides is 1. The normalized spacial score (nSPS) is 10.5. The van der Waals surface area contributed by atoms with Crippen molar-refractivity contribution < 1.29 is 9.18 Å². The summed E-state index contributed by atoms with van der Waals surface area (Å²) in [5.74, 6) is -0.595. The number of nitrogens with one attached hydrogen (secondary N) is 1. The molecule has 0 atom stereocenters. The molecule has 2 aromatic rings. The molecule has 19 heavy (non-hydrogen) atoms. The highest BCUT2D eigenvalue weighted by molar-refractivity contribution is 7.09. The second kappa shape index (κ2) is 6.32. The largest absolute Gasteiger partial charge is 0.323 e. The summed E-state index contributed by atoms with van der Waals surface area (Å²) >= 11 is 12.6. The van der Waals surface area contributed by atoms with Crippen LogP contribution >= 0.6 is 34.5 Å². The number of nitrogens with zero attached hydrogens (tertiary/aromatic N) is 1. The zero-order chi connectivity index (χ0) is 13.8. The number of benzene rings is 1. The lowest BCUT2D eigenvalue weighted by Crippen LogP contribution is -2.15. The monoisotopic (exact) mass is 318 g/mol. The Morgan fingerprint density at radius 2 is 2.26 bits per heavy atom. The third-order valence-electron chi connectivity index (χ3n) is 2.25. The molecule has 0 fully saturated rings. The van der Waals surface area contributed by atoms with Gasteiger partial charge in [0.1, 0.15) is 10.8 Å². The molecule has 2 rings (SSSR count). The molecule has 0 radical (unpaired) electrons. The van der Waals surface area contributed by atoms with Gasteiger partial charge in [-0.25, -0.2) is 9.37 Å². The zero-order valence-electron chi connectivity index (χ0n) is 9.62. The van der Waals surface area contributed by atoms with E-state index in [2.05, 4.69) is 10.3 Å². The molecule has 1 aromatic heterocycles. The second-order valence-corrected chi connectivity index (χ2v) is 5.36. The number of halogens is 3. The molecule has 0 aliphatic rings. The van der Waals surface area contributed by atoms with E-state index in [0.717, 1.165) is 11.8 Å². The van der Waals surface area contributed by atoms with Crippen molar-refractivity contribution in [1.82, 2.24) is 4.98 Å². The van der Waals surface area contributed by atoms with E-state index in [1.165, 1.54) is 23.5 Å². The molecule has 0 bridgehead atoms. The van der Waals surface area contributed by atoms with E-state index in [0.29, 0.717) is 10.9 Å². The van der Waals surface area contributed by atoms with Crippen LogP contribution in [0.5, 0.6) is 0 Å². The van der Waals surface area contributed by atoms with Crippen molar-refractivity contribution in [2.45, 2.75) is 12.3 Å². The minimum absolute atomic E-state index is 0.0869. The molecule has 3 nitrogen and oxygen atoms in total. The van der Waals surface area contributed by atoms with E-state index in [1.54, 1.807) is 5.38 Å². The van der Waals surface area contributed by atoms with E-state index in [4.69, 9.17) is 23.2 Å². The van der Waals surface area contributed by atoms with Gasteiger partial charge in [0.15, 0.2) is 0 Å². The summed E-state index contributed by atoms with van der Waals surface area (Å²) in [6.45, 7) is 0. The van der Waals surface area contributed by atoms with E-state index in [-0.39, 0.29) is 23.0 Å². The minimum atomic E-state index is -0.568. The molecule has 1 aromatic carbocycles. The number of hydrogen-bond acceptors (Lipinski definition) is 3. The molecule has 7 heteroatoms. The SMILES string of the molecule is O=C(Cc1nc(CCl)cs1)Nc1ccc(Cl)cc1F. The molecule has 1 amide bonds. The van der Waals surface area contributed by atoms with Crippen molar-refractivity contribution >= 4 is 46.1 Å². The highest BCUT2D eigenvalue weighted by atomic mass is 35.5. The molecule has 0 saturated heterocycles. The Labute approximate surface area is 123 Å². The molecule has 1 N–H and O–H groups in total. The summed E-state index contributed by atoms with van der Waals surface area (Å²) in [5, 5.41) is 5.19. The highest BCUT2D eigenvalue weighted by Gasteiger charge is 2.10. The number of rotatable bonds is 4. The molecular weight excluding hydrogens is 310 g/mol. The predicted octanol–water partition coefficient (Wildman–Crippen LogP) is 3.86. The summed E-state index contributed by atoms with van der Waals surface area (Å²) in [6, 6.07) is 4.07. The van der Waals surface area contributed by atoms with Crippen molar-refractivity contribution in [1.29, 1.82) is 0 Å². The number of hydrogen-bond donors (Lipinski definition) is 1.